The van der Waals surface area contributed by atoms with Crippen molar-refractivity contribution >= 4 is 64.4 Å². The largest absolute Gasteiger partial charge is 0.494 e. The topological polar surface area (TPSA) is 84.9 Å². The maximum Gasteiger partial charge on any atom is 0.335 e. The van der Waals surface area contributed by atoms with Crippen molar-refractivity contribution in [3.63, 3.8) is 0 Å². The molecule has 1 fully saturated rings. The Bertz CT molecular complexity index is 1390. The third-order valence-electron chi connectivity index (χ3n) is 5.32. The highest BCUT2D eigenvalue weighted by atomic mass is 35.5. The highest BCUT2D eigenvalue weighted by Gasteiger charge is 2.37. The Balaban J connectivity index is 1.62. The molecule has 7 nitrogen and oxygen atoms in total. The van der Waals surface area contributed by atoms with Crippen LogP contribution in [0, 0.1) is 0 Å². The van der Waals surface area contributed by atoms with Gasteiger partial charge in [-0.2, -0.15) is 0 Å². The molecule has 0 radical (unpaired) electrons. The fraction of sp³-hybridized carbons (Fsp3) is 0.148. The number of nitrogens with one attached hydrogen (secondary N) is 1. The molecule has 0 aliphatic carbocycles. The zero-order valence-electron chi connectivity index (χ0n) is 19.6. The lowest BCUT2D eigenvalue weighted by atomic mass is 10.1. The van der Waals surface area contributed by atoms with Crippen LogP contribution >= 0.6 is 34.8 Å². The van der Waals surface area contributed by atoms with Gasteiger partial charge in [0.15, 0.2) is 0 Å². The lowest BCUT2D eigenvalue weighted by Crippen LogP contribution is -2.54. The van der Waals surface area contributed by atoms with Crippen molar-refractivity contribution in [2.45, 2.75) is 20.0 Å². The average Bonchev–Trinajstić information content (AvgIpc) is 2.87. The molecule has 37 heavy (non-hydrogen) atoms. The van der Waals surface area contributed by atoms with E-state index in [2.05, 4.69) is 5.32 Å². The molecule has 3 aromatic carbocycles. The summed E-state index contributed by atoms with van der Waals surface area (Å²) in [5, 5.41) is 3.39. The van der Waals surface area contributed by atoms with Crippen molar-refractivity contribution in [2.24, 2.45) is 0 Å². The number of hydrogen-bond acceptors (Lipinski definition) is 5. The van der Waals surface area contributed by atoms with Gasteiger partial charge in [0.2, 0.25) is 0 Å². The molecule has 10 heteroatoms. The van der Waals surface area contributed by atoms with Crippen LogP contribution < -0.4 is 19.7 Å². The van der Waals surface area contributed by atoms with E-state index in [1.807, 2.05) is 6.92 Å². The minimum Gasteiger partial charge on any atom is -0.494 e. The van der Waals surface area contributed by atoms with Gasteiger partial charge in [-0.1, -0.05) is 47.8 Å². The maximum absolute atomic E-state index is 13.3. The highest BCUT2D eigenvalue weighted by molar-refractivity contribution is 6.42. The van der Waals surface area contributed by atoms with Gasteiger partial charge in [0, 0.05) is 10.6 Å². The Kier molecular flexibility index (Phi) is 8.38. The number of anilines is 1. The molecule has 4 amide bonds. The average molecular weight is 560 g/mol. The van der Waals surface area contributed by atoms with E-state index in [9.17, 15) is 14.4 Å². The maximum atomic E-state index is 13.3. The summed E-state index contributed by atoms with van der Waals surface area (Å²) in [6.45, 7) is 2.67. The van der Waals surface area contributed by atoms with E-state index in [0.717, 1.165) is 16.9 Å². The zero-order chi connectivity index (χ0) is 26.5. The first-order chi connectivity index (χ1) is 17.8. The SMILES string of the molecule is CCCOc1ccc(N2C(=O)NC(=O)/C(=C/c3cc(Cl)ccc3OCc3ccc(Cl)c(Cl)c3)C2=O)cc1. The van der Waals surface area contributed by atoms with Gasteiger partial charge in [-0.15, -0.1) is 0 Å². The molecule has 4 rings (SSSR count). The molecule has 0 spiro atoms. The number of halogens is 3. The minimum atomic E-state index is -0.850. The smallest absolute Gasteiger partial charge is 0.335 e. The number of amides is 4. The molecule has 1 saturated heterocycles. The van der Waals surface area contributed by atoms with Gasteiger partial charge < -0.3 is 9.47 Å². The van der Waals surface area contributed by atoms with Crippen LogP contribution in [-0.2, 0) is 16.2 Å². The lowest BCUT2D eigenvalue weighted by molar-refractivity contribution is -0.122. The van der Waals surface area contributed by atoms with E-state index in [-0.39, 0.29) is 17.9 Å². The summed E-state index contributed by atoms with van der Waals surface area (Å²) >= 11 is 18.2. The van der Waals surface area contributed by atoms with Gasteiger partial charge in [-0.05, 0) is 72.7 Å². The molecule has 0 aromatic heterocycles. The summed E-state index contributed by atoms with van der Waals surface area (Å²) in [6.07, 6.45) is 2.18. The van der Waals surface area contributed by atoms with Crippen LogP contribution in [-0.4, -0.2) is 24.5 Å². The number of rotatable bonds is 8. The summed E-state index contributed by atoms with van der Waals surface area (Å²) in [5.41, 5.74) is 1.17. The van der Waals surface area contributed by atoms with E-state index in [1.54, 1.807) is 60.7 Å². The molecule has 1 aliphatic heterocycles. The number of carbonyl (C=O) groups is 3. The quantitative estimate of drug-likeness (QED) is 0.246. The van der Waals surface area contributed by atoms with Crippen molar-refractivity contribution < 1.29 is 23.9 Å². The number of ether oxygens (including phenoxy) is 2. The van der Waals surface area contributed by atoms with Gasteiger partial charge in [-0.3, -0.25) is 14.9 Å². The van der Waals surface area contributed by atoms with Gasteiger partial charge in [0.05, 0.1) is 22.3 Å². The number of benzene rings is 3. The molecule has 1 N–H and O–H groups in total. The third-order valence-corrected chi connectivity index (χ3v) is 6.29. The van der Waals surface area contributed by atoms with Crippen LogP contribution in [0.15, 0.2) is 66.2 Å². The number of carbonyl (C=O) groups excluding carboxylic acids is 3. The predicted octanol–water partition coefficient (Wildman–Crippen LogP) is 6.68. The summed E-state index contributed by atoms with van der Waals surface area (Å²) in [4.78, 5) is 39.4. The molecule has 1 heterocycles. The second-order valence-electron chi connectivity index (χ2n) is 8.02. The van der Waals surface area contributed by atoms with Crippen molar-refractivity contribution in [1.82, 2.24) is 5.32 Å². The molecule has 0 atom stereocenters. The third kappa shape index (κ3) is 6.25. The van der Waals surface area contributed by atoms with Crippen molar-refractivity contribution in [3.8, 4) is 11.5 Å². The van der Waals surface area contributed by atoms with Gasteiger partial charge in [0.25, 0.3) is 11.8 Å². The lowest BCUT2D eigenvalue weighted by Gasteiger charge is -2.26. The molecule has 190 valence electrons. The van der Waals surface area contributed by atoms with Crippen LogP contribution in [0.4, 0.5) is 10.5 Å². The number of imide groups is 2. The van der Waals surface area contributed by atoms with Crippen LogP contribution in [0.25, 0.3) is 6.08 Å². The van der Waals surface area contributed by atoms with Crippen LogP contribution in [0.1, 0.15) is 24.5 Å². The second-order valence-corrected chi connectivity index (χ2v) is 9.27. The van der Waals surface area contributed by atoms with E-state index in [4.69, 9.17) is 44.3 Å². The van der Waals surface area contributed by atoms with E-state index >= 15 is 0 Å². The number of barbiturate groups is 1. The minimum absolute atomic E-state index is 0.145. The molecule has 0 bridgehead atoms. The summed E-state index contributed by atoms with van der Waals surface area (Å²) in [5.74, 6) is -0.648. The molecule has 0 unspecified atom stereocenters. The molecule has 1 aliphatic rings. The first-order valence-corrected chi connectivity index (χ1v) is 12.4. The fourth-order valence-electron chi connectivity index (χ4n) is 3.51. The Morgan fingerprint density at radius 1 is 0.892 bits per heavy atom. The highest BCUT2D eigenvalue weighted by Crippen LogP contribution is 2.30. The summed E-state index contributed by atoms with van der Waals surface area (Å²) in [7, 11) is 0. The monoisotopic (exact) mass is 558 g/mol. The van der Waals surface area contributed by atoms with E-state index in [0.29, 0.717) is 38.7 Å². The van der Waals surface area contributed by atoms with Gasteiger partial charge >= 0.3 is 6.03 Å². The van der Waals surface area contributed by atoms with Crippen LogP contribution in [0.2, 0.25) is 15.1 Å². The van der Waals surface area contributed by atoms with E-state index in [1.165, 1.54) is 6.08 Å². The Labute approximate surface area is 228 Å². The van der Waals surface area contributed by atoms with Gasteiger partial charge in [0.1, 0.15) is 23.7 Å². The Hall–Kier alpha value is -3.52. The summed E-state index contributed by atoms with van der Waals surface area (Å²) < 4.78 is 11.5. The summed E-state index contributed by atoms with van der Waals surface area (Å²) in [6, 6.07) is 15.5. The Morgan fingerprint density at radius 2 is 1.65 bits per heavy atom. The van der Waals surface area contributed by atoms with Crippen LogP contribution in [0.3, 0.4) is 0 Å². The number of nitrogens with zero attached hydrogens (tertiary/aromatic N) is 1. The first kappa shape index (κ1) is 26.5. The Morgan fingerprint density at radius 3 is 2.35 bits per heavy atom. The molecular weight excluding hydrogens is 539 g/mol. The van der Waals surface area contributed by atoms with E-state index < -0.39 is 17.8 Å². The molecule has 0 saturated carbocycles. The normalized spacial score (nSPS) is 14.6. The van der Waals surface area contributed by atoms with Crippen molar-refractivity contribution in [3.05, 3.63) is 92.4 Å². The van der Waals surface area contributed by atoms with Crippen molar-refractivity contribution in [1.29, 1.82) is 0 Å². The molecular formula is C27H21Cl3N2O5. The first-order valence-electron chi connectivity index (χ1n) is 11.3. The second kappa shape index (κ2) is 11.7. The van der Waals surface area contributed by atoms with Crippen LogP contribution in [0.5, 0.6) is 11.5 Å². The zero-order valence-corrected chi connectivity index (χ0v) is 21.9. The van der Waals surface area contributed by atoms with Gasteiger partial charge in [-0.25, -0.2) is 9.69 Å². The predicted molar refractivity (Wildman–Crippen MR) is 143 cm³/mol. The number of urea groups is 1. The fourth-order valence-corrected chi connectivity index (χ4v) is 4.01. The molecule has 3 aromatic rings. The number of hydrogen-bond donors (Lipinski definition) is 1. The standard InChI is InChI=1S/C27H21Cl3N2O5/c1-2-11-36-20-7-5-19(6-8-20)32-26(34)21(25(33)31-27(32)35)14-17-13-18(28)4-10-24(17)37-15-16-3-9-22(29)23(30)12-16/h3-10,12-14H,2,11,15H2,1H3,(H,31,33,35)/b21-14-. The van der Waals surface area contributed by atoms with Crippen molar-refractivity contribution in [2.75, 3.05) is 11.5 Å².